The number of hydrogen-bond acceptors (Lipinski definition) is 7. The molecule has 0 bridgehead atoms. The molecular weight excluding hydrogens is 408 g/mol. The summed E-state index contributed by atoms with van der Waals surface area (Å²) < 4.78 is 36.6. The average molecular weight is 433 g/mol. The van der Waals surface area contributed by atoms with Crippen LogP contribution in [0.25, 0.3) is 0 Å². The summed E-state index contributed by atoms with van der Waals surface area (Å²) in [6.07, 6.45) is 1.32. The highest BCUT2D eigenvalue weighted by molar-refractivity contribution is 7.89. The lowest BCUT2D eigenvalue weighted by Crippen LogP contribution is -2.26. The van der Waals surface area contributed by atoms with Crippen molar-refractivity contribution in [1.82, 2.24) is 14.1 Å². The predicted octanol–water partition coefficient (Wildman–Crippen LogP) is 3.23. The number of sulfonamides is 1. The van der Waals surface area contributed by atoms with Gasteiger partial charge in [-0.2, -0.15) is 4.37 Å². The Kier molecular flexibility index (Phi) is 7.18. The zero-order chi connectivity index (χ0) is 20.7. The lowest BCUT2D eigenvalue weighted by atomic mass is 10.1. The summed E-state index contributed by atoms with van der Waals surface area (Å²) >= 11 is 1.31. The Labute approximate surface area is 175 Å². The van der Waals surface area contributed by atoms with Crippen molar-refractivity contribution in [3.05, 3.63) is 65.5 Å². The highest BCUT2D eigenvalue weighted by Crippen LogP contribution is 2.16. The third-order valence-corrected chi connectivity index (χ3v) is 6.39. The number of benzene rings is 2. The van der Waals surface area contributed by atoms with Crippen molar-refractivity contribution in [2.75, 3.05) is 25.5 Å². The lowest BCUT2D eigenvalue weighted by molar-refractivity contribution is 0.414. The van der Waals surface area contributed by atoms with Crippen LogP contribution in [0.5, 0.6) is 5.75 Å². The molecule has 3 aromatic rings. The zero-order valence-corrected chi connectivity index (χ0v) is 18.0. The van der Waals surface area contributed by atoms with Crippen LogP contribution in [-0.4, -0.2) is 38.0 Å². The first-order valence-corrected chi connectivity index (χ1v) is 11.5. The Morgan fingerprint density at radius 1 is 1.10 bits per heavy atom. The highest BCUT2D eigenvalue weighted by Gasteiger charge is 2.13. The molecule has 7 nitrogen and oxygen atoms in total. The van der Waals surface area contributed by atoms with E-state index in [-0.39, 0.29) is 4.90 Å². The normalized spacial score (nSPS) is 11.4. The van der Waals surface area contributed by atoms with E-state index in [2.05, 4.69) is 44.5 Å². The molecule has 0 atom stereocenters. The van der Waals surface area contributed by atoms with Crippen molar-refractivity contribution in [2.24, 2.45) is 0 Å². The molecule has 29 heavy (non-hydrogen) atoms. The Balaban J connectivity index is 1.42. The van der Waals surface area contributed by atoms with Crippen LogP contribution in [0.4, 0.5) is 5.13 Å². The maximum absolute atomic E-state index is 12.3. The monoisotopic (exact) mass is 432 g/mol. The number of methoxy groups -OCH3 is 1. The molecule has 9 heteroatoms. The molecule has 0 spiro atoms. The summed E-state index contributed by atoms with van der Waals surface area (Å²) in [5.41, 5.74) is 2.40. The van der Waals surface area contributed by atoms with Gasteiger partial charge in [0.05, 0.1) is 12.0 Å². The summed E-state index contributed by atoms with van der Waals surface area (Å²) in [4.78, 5) is 4.71. The van der Waals surface area contributed by atoms with Gasteiger partial charge in [0.2, 0.25) is 15.2 Å². The maximum atomic E-state index is 12.3. The largest absolute Gasteiger partial charge is 0.497 e. The lowest BCUT2D eigenvalue weighted by Gasteiger charge is -2.07. The number of anilines is 1. The molecule has 0 saturated carbocycles. The van der Waals surface area contributed by atoms with Crippen LogP contribution >= 0.6 is 11.5 Å². The summed E-state index contributed by atoms with van der Waals surface area (Å²) in [7, 11) is -1.98. The van der Waals surface area contributed by atoms with E-state index in [9.17, 15) is 8.42 Å². The van der Waals surface area contributed by atoms with Crippen molar-refractivity contribution in [2.45, 2.75) is 24.7 Å². The predicted molar refractivity (Wildman–Crippen MR) is 115 cm³/mol. The van der Waals surface area contributed by atoms with Crippen LogP contribution < -0.4 is 14.8 Å². The number of ether oxygens (including phenoxy) is 1. The molecule has 0 unspecified atom stereocenters. The van der Waals surface area contributed by atoms with Crippen molar-refractivity contribution < 1.29 is 13.2 Å². The molecule has 0 aliphatic heterocycles. The minimum atomic E-state index is -3.52. The molecule has 3 rings (SSSR count). The molecule has 0 amide bonds. The minimum Gasteiger partial charge on any atom is -0.497 e. The van der Waals surface area contributed by atoms with Gasteiger partial charge in [-0.05, 0) is 43.2 Å². The first-order chi connectivity index (χ1) is 14.0. The van der Waals surface area contributed by atoms with Gasteiger partial charge in [0, 0.05) is 31.0 Å². The maximum Gasteiger partial charge on any atom is 0.240 e. The Bertz CT molecular complexity index is 1030. The third-order valence-electron chi connectivity index (χ3n) is 4.20. The average Bonchev–Trinajstić information content (AvgIpc) is 3.15. The van der Waals surface area contributed by atoms with Crippen molar-refractivity contribution in [3.63, 3.8) is 0 Å². The SMILES string of the molecule is COc1ccc(S(=O)(=O)NCCCNc2nc(Cc3cccc(C)c3)ns2)cc1. The minimum absolute atomic E-state index is 0.219. The van der Waals surface area contributed by atoms with Gasteiger partial charge in [-0.3, -0.25) is 0 Å². The van der Waals surface area contributed by atoms with E-state index < -0.39 is 10.0 Å². The number of rotatable bonds is 10. The van der Waals surface area contributed by atoms with Crippen molar-refractivity contribution in [3.8, 4) is 5.75 Å². The summed E-state index contributed by atoms with van der Waals surface area (Å²) in [5.74, 6) is 1.40. The van der Waals surface area contributed by atoms with E-state index in [0.29, 0.717) is 31.7 Å². The van der Waals surface area contributed by atoms with Gasteiger partial charge >= 0.3 is 0 Å². The van der Waals surface area contributed by atoms with Gasteiger partial charge in [0.15, 0.2) is 0 Å². The number of nitrogens with one attached hydrogen (secondary N) is 2. The number of aromatic nitrogens is 2. The second kappa shape index (κ2) is 9.82. The quantitative estimate of drug-likeness (QED) is 0.478. The summed E-state index contributed by atoms with van der Waals surface area (Å²) in [5, 5.41) is 3.94. The second-order valence-corrected chi connectivity index (χ2v) is 9.05. The van der Waals surface area contributed by atoms with Gasteiger partial charge in [-0.1, -0.05) is 29.8 Å². The Morgan fingerprint density at radius 3 is 2.62 bits per heavy atom. The smallest absolute Gasteiger partial charge is 0.240 e. The highest BCUT2D eigenvalue weighted by atomic mass is 32.2. The molecule has 0 aliphatic carbocycles. The zero-order valence-electron chi connectivity index (χ0n) is 16.4. The topological polar surface area (TPSA) is 93.2 Å². The fourth-order valence-electron chi connectivity index (χ4n) is 2.73. The third kappa shape index (κ3) is 6.25. The molecule has 2 N–H and O–H groups in total. The molecule has 1 heterocycles. The molecule has 0 aliphatic rings. The van der Waals surface area contributed by atoms with E-state index in [0.717, 1.165) is 11.0 Å². The van der Waals surface area contributed by atoms with Crippen LogP contribution in [0.1, 0.15) is 23.4 Å². The summed E-state index contributed by atoms with van der Waals surface area (Å²) in [6.45, 7) is 2.99. The van der Waals surface area contributed by atoms with Crippen LogP contribution in [0.2, 0.25) is 0 Å². The molecule has 0 saturated heterocycles. The van der Waals surface area contributed by atoms with Crippen molar-refractivity contribution >= 4 is 26.7 Å². The molecule has 0 radical (unpaired) electrons. The molecule has 1 aromatic heterocycles. The van der Waals surface area contributed by atoms with Gasteiger partial charge in [-0.25, -0.2) is 18.1 Å². The standard InChI is InChI=1S/C20H24N4O3S2/c1-15-5-3-6-16(13-15)14-19-23-20(28-24-19)21-11-4-12-22-29(25,26)18-9-7-17(27-2)8-10-18/h3,5-10,13,22H,4,11-12,14H2,1-2H3,(H,21,23,24). The van der Waals surface area contributed by atoms with E-state index in [1.54, 1.807) is 12.1 Å². The van der Waals surface area contributed by atoms with Crippen LogP contribution in [0.15, 0.2) is 53.4 Å². The van der Waals surface area contributed by atoms with Crippen molar-refractivity contribution in [1.29, 1.82) is 0 Å². The fraction of sp³-hybridized carbons (Fsp3) is 0.300. The van der Waals surface area contributed by atoms with Gasteiger partial charge < -0.3 is 10.1 Å². The Morgan fingerprint density at radius 2 is 1.90 bits per heavy atom. The molecule has 0 fully saturated rings. The molecule has 2 aromatic carbocycles. The molecular formula is C20H24N4O3S2. The fourth-order valence-corrected chi connectivity index (χ4v) is 4.41. The second-order valence-electron chi connectivity index (χ2n) is 6.54. The molecule has 154 valence electrons. The number of nitrogens with zero attached hydrogens (tertiary/aromatic N) is 2. The Hall–Kier alpha value is -2.49. The van der Waals surface area contributed by atoms with E-state index >= 15 is 0 Å². The van der Waals surface area contributed by atoms with E-state index in [1.807, 2.05) is 6.07 Å². The van der Waals surface area contributed by atoms with Crippen LogP contribution in [-0.2, 0) is 16.4 Å². The van der Waals surface area contributed by atoms with E-state index in [4.69, 9.17) is 4.74 Å². The summed E-state index contributed by atoms with van der Waals surface area (Å²) in [6, 6.07) is 14.6. The van der Waals surface area contributed by atoms with Gasteiger partial charge in [0.1, 0.15) is 11.6 Å². The van der Waals surface area contributed by atoms with Crippen LogP contribution in [0.3, 0.4) is 0 Å². The number of aryl methyl sites for hydroxylation is 1. The number of hydrogen-bond donors (Lipinski definition) is 2. The van der Waals surface area contributed by atoms with E-state index in [1.165, 1.54) is 41.9 Å². The van der Waals surface area contributed by atoms with Crippen LogP contribution in [0, 0.1) is 6.92 Å². The first-order valence-electron chi connectivity index (χ1n) is 9.22. The van der Waals surface area contributed by atoms with Gasteiger partial charge in [0.25, 0.3) is 0 Å². The van der Waals surface area contributed by atoms with Gasteiger partial charge in [-0.15, -0.1) is 0 Å². The first kappa shape index (κ1) is 21.2.